The predicted molar refractivity (Wildman–Crippen MR) is 104 cm³/mol. The molecule has 27 heavy (non-hydrogen) atoms. The lowest BCUT2D eigenvalue weighted by Gasteiger charge is -2.09. The smallest absolute Gasteiger partial charge is 0.338 e. The molecule has 0 heterocycles. The zero-order valence-corrected chi connectivity index (χ0v) is 15.7. The van der Waals surface area contributed by atoms with Gasteiger partial charge in [0.25, 0.3) is 10.0 Å². The number of esters is 1. The minimum Gasteiger partial charge on any atom is -0.457 e. The first-order valence-corrected chi connectivity index (χ1v) is 9.90. The summed E-state index contributed by atoms with van der Waals surface area (Å²) in [6.45, 7) is 0.0784. The van der Waals surface area contributed by atoms with Crippen molar-refractivity contribution in [2.24, 2.45) is 0 Å². The summed E-state index contributed by atoms with van der Waals surface area (Å²) < 4.78 is 32.5. The highest BCUT2D eigenvalue weighted by atomic mass is 35.5. The fraction of sp³-hybridized carbons (Fsp3) is 0.0500. The Morgan fingerprint density at radius 3 is 2.30 bits per heavy atom. The van der Waals surface area contributed by atoms with Gasteiger partial charge in [-0.1, -0.05) is 41.9 Å². The third kappa shape index (κ3) is 5.09. The first kappa shape index (κ1) is 18.9. The molecule has 0 saturated heterocycles. The highest BCUT2D eigenvalue weighted by Crippen LogP contribution is 2.17. The molecule has 0 radical (unpaired) electrons. The van der Waals surface area contributed by atoms with Crippen LogP contribution in [0, 0.1) is 0 Å². The summed E-state index contributed by atoms with van der Waals surface area (Å²) >= 11 is 5.89. The van der Waals surface area contributed by atoms with Crippen LogP contribution in [-0.2, 0) is 21.4 Å². The second kappa shape index (κ2) is 8.24. The van der Waals surface area contributed by atoms with Crippen molar-refractivity contribution >= 4 is 33.3 Å². The van der Waals surface area contributed by atoms with Crippen LogP contribution in [0.3, 0.4) is 0 Å². The molecule has 5 nitrogen and oxygen atoms in total. The number of anilines is 1. The fourth-order valence-electron chi connectivity index (χ4n) is 2.35. The van der Waals surface area contributed by atoms with Crippen LogP contribution in [0.5, 0.6) is 0 Å². The van der Waals surface area contributed by atoms with Crippen LogP contribution in [0.15, 0.2) is 83.8 Å². The van der Waals surface area contributed by atoms with E-state index >= 15 is 0 Å². The monoisotopic (exact) mass is 401 g/mol. The number of carbonyl (C=O) groups is 1. The Morgan fingerprint density at radius 1 is 0.926 bits per heavy atom. The number of sulfonamides is 1. The number of carbonyl (C=O) groups excluding carboxylic acids is 1. The van der Waals surface area contributed by atoms with Gasteiger partial charge >= 0.3 is 5.97 Å². The molecular formula is C20H16ClNO4S. The fourth-order valence-corrected chi connectivity index (χ4v) is 3.62. The minimum absolute atomic E-state index is 0.0535. The van der Waals surface area contributed by atoms with Crippen molar-refractivity contribution in [2.75, 3.05) is 4.72 Å². The van der Waals surface area contributed by atoms with Crippen LogP contribution in [0.2, 0.25) is 5.02 Å². The van der Waals surface area contributed by atoms with Gasteiger partial charge in [-0.3, -0.25) is 4.72 Å². The third-order valence-electron chi connectivity index (χ3n) is 3.69. The molecule has 1 N–H and O–H groups in total. The van der Waals surface area contributed by atoms with Gasteiger partial charge < -0.3 is 4.74 Å². The van der Waals surface area contributed by atoms with Crippen molar-refractivity contribution in [1.29, 1.82) is 0 Å². The van der Waals surface area contributed by atoms with E-state index in [1.165, 1.54) is 24.3 Å². The summed E-state index contributed by atoms with van der Waals surface area (Å²) in [5.74, 6) is -0.546. The SMILES string of the molecule is O=C(OCc1cccc(Cl)c1)c1ccc(S(=O)(=O)Nc2ccccc2)cc1. The lowest BCUT2D eigenvalue weighted by molar-refractivity contribution is 0.0472. The summed E-state index contributed by atoms with van der Waals surface area (Å²) in [4.78, 5) is 12.2. The number of hydrogen-bond donors (Lipinski definition) is 1. The van der Waals surface area contributed by atoms with Gasteiger partial charge in [0, 0.05) is 10.7 Å². The van der Waals surface area contributed by atoms with E-state index in [2.05, 4.69) is 4.72 Å². The Labute approximate surface area is 162 Å². The summed E-state index contributed by atoms with van der Waals surface area (Å²) in [5, 5.41) is 0.559. The van der Waals surface area contributed by atoms with Crippen LogP contribution in [-0.4, -0.2) is 14.4 Å². The van der Waals surface area contributed by atoms with Crippen molar-refractivity contribution in [3.05, 3.63) is 95.0 Å². The number of ether oxygens (including phenoxy) is 1. The van der Waals surface area contributed by atoms with E-state index in [0.717, 1.165) is 5.56 Å². The van der Waals surface area contributed by atoms with Crippen LogP contribution in [0.25, 0.3) is 0 Å². The van der Waals surface area contributed by atoms with Gasteiger partial charge in [-0.15, -0.1) is 0 Å². The normalized spacial score (nSPS) is 11.0. The Kier molecular flexibility index (Phi) is 5.78. The Morgan fingerprint density at radius 2 is 1.63 bits per heavy atom. The molecule has 0 aliphatic carbocycles. The average molecular weight is 402 g/mol. The van der Waals surface area contributed by atoms with E-state index in [1.54, 1.807) is 54.6 Å². The van der Waals surface area contributed by atoms with Gasteiger partial charge in [0.05, 0.1) is 10.5 Å². The quantitative estimate of drug-likeness (QED) is 0.617. The second-order valence-electron chi connectivity index (χ2n) is 5.70. The van der Waals surface area contributed by atoms with Crippen molar-refractivity contribution < 1.29 is 17.9 Å². The van der Waals surface area contributed by atoms with Crippen LogP contribution in [0.1, 0.15) is 15.9 Å². The Bertz CT molecular complexity index is 1040. The summed E-state index contributed by atoms with van der Waals surface area (Å²) in [6, 6.07) is 21.1. The van der Waals surface area contributed by atoms with Crippen molar-refractivity contribution in [2.45, 2.75) is 11.5 Å². The highest BCUT2D eigenvalue weighted by molar-refractivity contribution is 7.92. The molecule has 0 fully saturated rings. The van der Waals surface area contributed by atoms with E-state index in [0.29, 0.717) is 10.7 Å². The average Bonchev–Trinajstić information content (AvgIpc) is 2.67. The van der Waals surface area contributed by atoms with E-state index in [1.807, 2.05) is 0 Å². The molecule has 0 unspecified atom stereocenters. The number of benzene rings is 3. The molecule has 0 amide bonds. The van der Waals surface area contributed by atoms with Gasteiger partial charge in [0.2, 0.25) is 0 Å². The van der Waals surface area contributed by atoms with E-state index < -0.39 is 16.0 Å². The molecule has 0 aliphatic rings. The van der Waals surface area contributed by atoms with E-state index in [4.69, 9.17) is 16.3 Å². The van der Waals surface area contributed by atoms with Crippen molar-refractivity contribution in [3.8, 4) is 0 Å². The van der Waals surface area contributed by atoms with Gasteiger partial charge in [-0.25, -0.2) is 13.2 Å². The molecule has 3 rings (SSSR count). The topological polar surface area (TPSA) is 72.5 Å². The first-order chi connectivity index (χ1) is 12.9. The zero-order valence-electron chi connectivity index (χ0n) is 14.1. The molecule has 138 valence electrons. The largest absolute Gasteiger partial charge is 0.457 e. The molecular weight excluding hydrogens is 386 g/mol. The van der Waals surface area contributed by atoms with Crippen LogP contribution < -0.4 is 4.72 Å². The second-order valence-corrected chi connectivity index (χ2v) is 7.82. The summed E-state index contributed by atoms with van der Waals surface area (Å²) in [7, 11) is -3.73. The Balaban J connectivity index is 1.66. The Hall–Kier alpha value is -2.83. The molecule has 0 aliphatic heterocycles. The van der Waals surface area contributed by atoms with E-state index in [-0.39, 0.29) is 17.1 Å². The number of hydrogen-bond acceptors (Lipinski definition) is 4. The van der Waals surface area contributed by atoms with E-state index in [9.17, 15) is 13.2 Å². The predicted octanol–water partition coefficient (Wildman–Crippen LogP) is 4.50. The first-order valence-electron chi connectivity index (χ1n) is 8.03. The molecule has 0 atom stereocenters. The molecule has 7 heteroatoms. The molecule has 3 aromatic carbocycles. The van der Waals surface area contributed by atoms with Crippen LogP contribution in [0.4, 0.5) is 5.69 Å². The minimum atomic E-state index is -3.73. The lowest BCUT2D eigenvalue weighted by atomic mass is 10.2. The lowest BCUT2D eigenvalue weighted by Crippen LogP contribution is -2.13. The summed E-state index contributed by atoms with van der Waals surface area (Å²) in [6.07, 6.45) is 0. The number of para-hydroxylation sites is 1. The van der Waals surface area contributed by atoms with Gasteiger partial charge in [-0.2, -0.15) is 0 Å². The maximum atomic E-state index is 12.4. The van der Waals surface area contributed by atoms with Gasteiger partial charge in [0.1, 0.15) is 6.61 Å². The third-order valence-corrected chi connectivity index (χ3v) is 5.32. The molecule has 0 spiro atoms. The summed E-state index contributed by atoms with van der Waals surface area (Å²) in [5.41, 5.74) is 1.49. The molecule has 0 aromatic heterocycles. The highest BCUT2D eigenvalue weighted by Gasteiger charge is 2.15. The standard InChI is InChI=1S/C20H16ClNO4S/c21-17-6-4-5-15(13-17)14-26-20(23)16-9-11-19(12-10-16)27(24,25)22-18-7-2-1-3-8-18/h1-13,22H,14H2. The number of nitrogens with one attached hydrogen (secondary N) is 1. The molecule has 0 saturated carbocycles. The number of halogens is 1. The molecule has 3 aromatic rings. The van der Waals surface area contributed by atoms with Gasteiger partial charge in [0.15, 0.2) is 0 Å². The van der Waals surface area contributed by atoms with Crippen molar-refractivity contribution in [1.82, 2.24) is 0 Å². The zero-order chi connectivity index (χ0) is 19.3. The number of rotatable bonds is 6. The maximum absolute atomic E-state index is 12.4. The maximum Gasteiger partial charge on any atom is 0.338 e. The van der Waals surface area contributed by atoms with Gasteiger partial charge in [-0.05, 0) is 54.1 Å². The van der Waals surface area contributed by atoms with Crippen molar-refractivity contribution in [3.63, 3.8) is 0 Å². The molecule has 0 bridgehead atoms. The van der Waals surface area contributed by atoms with Crippen LogP contribution >= 0.6 is 11.6 Å².